The molecule has 1 aliphatic rings. The van der Waals surface area contributed by atoms with Crippen molar-refractivity contribution in [2.75, 3.05) is 20.1 Å². The van der Waals surface area contributed by atoms with Gasteiger partial charge in [-0.05, 0) is 33.0 Å². The van der Waals surface area contributed by atoms with Crippen LogP contribution in [0.1, 0.15) is 52.4 Å². The van der Waals surface area contributed by atoms with E-state index in [0.29, 0.717) is 0 Å². The predicted molar refractivity (Wildman–Crippen MR) is 69.8 cm³/mol. The second-order valence-electron chi connectivity index (χ2n) is 5.49. The molecule has 0 N–H and O–H groups in total. The Kier molecular flexibility index (Phi) is 6.39. The molecule has 87 valence electrons. The minimum atomic E-state index is 0.764. The fourth-order valence-corrected chi connectivity index (χ4v) is 2.57. The number of hydrogen-bond acceptors (Lipinski definition) is 1. The average molecular weight is 208 g/mol. The van der Waals surface area contributed by atoms with Crippen LogP contribution in [0.2, 0.25) is 11.6 Å². The van der Waals surface area contributed by atoms with Gasteiger partial charge in [0.1, 0.15) is 7.28 Å². The van der Waals surface area contributed by atoms with E-state index in [1.807, 2.05) is 0 Å². The van der Waals surface area contributed by atoms with Gasteiger partial charge in [0.15, 0.2) is 0 Å². The standard InChI is InChI=1S/C13H27BN/c1-12(2)14-13-8-4-6-10-15(3)11-7-5-9-13/h12-13H,4-11H2,1-3H3. The topological polar surface area (TPSA) is 3.24 Å². The molecule has 0 unspecified atom stereocenters. The van der Waals surface area contributed by atoms with Crippen LogP contribution in [0.4, 0.5) is 0 Å². The summed E-state index contributed by atoms with van der Waals surface area (Å²) in [6, 6.07) is 0. The summed E-state index contributed by atoms with van der Waals surface area (Å²) in [6.45, 7) is 7.22. The van der Waals surface area contributed by atoms with Gasteiger partial charge in [-0.3, -0.25) is 0 Å². The van der Waals surface area contributed by atoms with E-state index in [1.54, 1.807) is 0 Å². The summed E-state index contributed by atoms with van der Waals surface area (Å²) >= 11 is 0. The second kappa shape index (κ2) is 7.32. The molecule has 1 heterocycles. The molecule has 1 rings (SSSR count). The fraction of sp³-hybridized carbons (Fsp3) is 1.00. The van der Waals surface area contributed by atoms with Crippen LogP contribution >= 0.6 is 0 Å². The van der Waals surface area contributed by atoms with Crippen LogP contribution in [0.25, 0.3) is 0 Å². The highest BCUT2D eigenvalue weighted by Gasteiger charge is 2.13. The van der Waals surface area contributed by atoms with Gasteiger partial charge in [0, 0.05) is 0 Å². The summed E-state index contributed by atoms with van der Waals surface area (Å²) in [5.74, 6) is 1.66. The molecule has 2 heteroatoms. The Hall–Kier alpha value is 0.0249. The highest BCUT2D eigenvalue weighted by molar-refractivity contribution is 6.39. The van der Waals surface area contributed by atoms with Crippen molar-refractivity contribution < 1.29 is 0 Å². The molecule has 0 aliphatic carbocycles. The van der Waals surface area contributed by atoms with E-state index >= 15 is 0 Å². The molecular weight excluding hydrogens is 181 g/mol. The first-order valence-electron chi connectivity index (χ1n) is 6.72. The highest BCUT2D eigenvalue weighted by atomic mass is 15.1. The van der Waals surface area contributed by atoms with Crippen LogP contribution < -0.4 is 0 Å². The van der Waals surface area contributed by atoms with E-state index < -0.39 is 0 Å². The summed E-state index contributed by atoms with van der Waals surface area (Å²) in [5, 5.41) is 0. The quantitative estimate of drug-likeness (QED) is 0.627. The highest BCUT2D eigenvalue weighted by Crippen LogP contribution is 2.25. The molecule has 0 atom stereocenters. The Bertz CT molecular complexity index is 147. The summed E-state index contributed by atoms with van der Waals surface area (Å²) in [7, 11) is 4.84. The molecule has 0 saturated carbocycles. The van der Waals surface area contributed by atoms with Crippen LogP contribution in [0.5, 0.6) is 0 Å². The molecule has 0 aromatic carbocycles. The molecule has 1 radical (unpaired) electrons. The van der Waals surface area contributed by atoms with Gasteiger partial charge in [-0.25, -0.2) is 0 Å². The first-order chi connectivity index (χ1) is 7.18. The zero-order chi connectivity index (χ0) is 11.1. The molecule has 1 fully saturated rings. The largest absolute Gasteiger partial charge is 0.306 e. The van der Waals surface area contributed by atoms with Crippen molar-refractivity contribution in [1.82, 2.24) is 4.90 Å². The van der Waals surface area contributed by atoms with E-state index in [1.165, 1.54) is 51.6 Å². The van der Waals surface area contributed by atoms with Gasteiger partial charge >= 0.3 is 0 Å². The Morgan fingerprint density at radius 2 is 1.53 bits per heavy atom. The van der Waals surface area contributed by atoms with Crippen molar-refractivity contribution in [3.05, 3.63) is 0 Å². The maximum absolute atomic E-state index is 2.57. The van der Waals surface area contributed by atoms with Crippen LogP contribution in [0, 0.1) is 0 Å². The third kappa shape index (κ3) is 6.24. The lowest BCUT2D eigenvalue weighted by atomic mass is 9.53. The molecule has 1 aliphatic heterocycles. The Labute approximate surface area is 96.9 Å². The maximum atomic E-state index is 2.57. The molecule has 1 nitrogen and oxygen atoms in total. The normalized spacial score (nSPS) is 22.9. The Morgan fingerprint density at radius 3 is 2.00 bits per heavy atom. The SMILES string of the molecule is CC(C)[B]C1CCCCN(C)CCCC1. The van der Waals surface area contributed by atoms with E-state index in [-0.39, 0.29) is 0 Å². The van der Waals surface area contributed by atoms with Gasteiger partial charge in [0.25, 0.3) is 0 Å². The van der Waals surface area contributed by atoms with Crippen LogP contribution in [-0.2, 0) is 0 Å². The summed E-state index contributed by atoms with van der Waals surface area (Å²) in [5.41, 5.74) is 0. The monoisotopic (exact) mass is 208 g/mol. The van der Waals surface area contributed by atoms with Gasteiger partial charge < -0.3 is 4.90 Å². The van der Waals surface area contributed by atoms with Crippen molar-refractivity contribution in [2.45, 2.75) is 64.0 Å². The Balaban J connectivity index is 2.28. The molecule has 0 aromatic rings. The first-order valence-corrected chi connectivity index (χ1v) is 6.72. The van der Waals surface area contributed by atoms with Gasteiger partial charge in [0.05, 0.1) is 0 Å². The van der Waals surface area contributed by atoms with Crippen molar-refractivity contribution in [1.29, 1.82) is 0 Å². The Morgan fingerprint density at radius 1 is 1.00 bits per heavy atom. The molecule has 0 amide bonds. The summed E-state index contributed by atoms with van der Waals surface area (Å²) in [6.07, 6.45) is 8.45. The molecule has 0 spiro atoms. The lowest BCUT2D eigenvalue weighted by molar-refractivity contribution is 0.306. The summed E-state index contributed by atoms with van der Waals surface area (Å²) in [4.78, 5) is 2.49. The third-order valence-corrected chi connectivity index (χ3v) is 3.39. The molecule has 0 bridgehead atoms. The van der Waals surface area contributed by atoms with E-state index in [9.17, 15) is 0 Å². The molecule has 0 aromatic heterocycles. The van der Waals surface area contributed by atoms with Gasteiger partial charge in [-0.2, -0.15) is 0 Å². The van der Waals surface area contributed by atoms with Crippen molar-refractivity contribution in [3.8, 4) is 0 Å². The second-order valence-corrected chi connectivity index (χ2v) is 5.49. The van der Waals surface area contributed by atoms with Gasteiger partial charge in [0.2, 0.25) is 0 Å². The number of nitrogens with zero attached hydrogens (tertiary/aromatic N) is 1. The van der Waals surface area contributed by atoms with E-state index in [4.69, 9.17) is 0 Å². The van der Waals surface area contributed by atoms with Crippen molar-refractivity contribution >= 4 is 7.28 Å². The smallest absolute Gasteiger partial charge is 0.117 e. The zero-order valence-corrected chi connectivity index (χ0v) is 10.8. The third-order valence-electron chi connectivity index (χ3n) is 3.39. The van der Waals surface area contributed by atoms with Gasteiger partial charge in [-0.1, -0.05) is 51.2 Å². The number of hydrogen-bond donors (Lipinski definition) is 0. The molecule has 1 saturated heterocycles. The number of rotatable bonds is 2. The minimum Gasteiger partial charge on any atom is -0.306 e. The molecular formula is C13H27BN. The average Bonchev–Trinajstić information content (AvgIpc) is 2.18. The first kappa shape index (κ1) is 13.1. The molecule has 15 heavy (non-hydrogen) atoms. The van der Waals surface area contributed by atoms with E-state index in [0.717, 1.165) is 11.6 Å². The predicted octanol–water partition coefficient (Wildman–Crippen LogP) is 3.59. The maximum Gasteiger partial charge on any atom is 0.117 e. The lowest BCUT2D eigenvalue weighted by Crippen LogP contribution is -2.22. The van der Waals surface area contributed by atoms with Crippen LogP contribution in [0.3, 0.4) is 0 Å². The minimum absolute atomic E-state index is 0.764. The summed E-state index contributed by atoms with van der Waals surface area (Å²) < 4.78 is 0. The van der Waals surface area contributed by atoms with Crippen molar-refractivity contribution in [2.24, 2.45) is 0 Å². The zero-order valence-electron chi connectivity index (χ0n) is 10.8. The van der Waals surface area contributed by atoms with Gasteiger partial charge in [-0.15, -0.1) is 0 Å². The van der Waals surface area contributed by atoms with Crippen molar-refractivity contribution in [3.63, 3.8) is 0 Å². The van der Waals surface area contributed by atoms with Crippen LogP contribution in [-0.4, -0.2) is 32.3 Å². The lowest BCUT2D eigenvalue weighted by Gasteiger charge is -2.22. The van der Waals surface area contributed by atoms with Crippen LogP contribution in [0.15, 0.2) is 0 Å². The van der Waals surface area contributed by atoms with E-state index in [2.05, 4.69) is 33.1 Å². The fourth-order valence-electron chi connectivity index (χ4n) is 2.57.